The van der Waals surface area contributed by atoms with E-state index >= 15 is 0 Å². The van der Waals surface area contributed by atoms with E-state index in [1.807, 2.05) is 12.1 Å². The summed E-state index contributed by atoms with van der Waals surface area (Å²) in [4.78, 5) is 17.7. The van der Waals surface area contributed by atoms with Crippen LogP contribution >= 0.6 is 0 Å². The number of likely N-dealkylation sites (tertiary alicyclic amines) is 1. The Bertz CT molecular complexity index is 399. The van der Waals surface area contributed by atoms with E-state index in [0.29, 0.717) is 6.54 Å². The Morgan fingerprint density at radius 1 is 1.44 bits per heavy atom. The summed E-state index contributed by atoms with van der Waals surface area (Å²) in [7, 11) is 0. The number of piperidine rings is 1. The molecule has 0 radical (unpaired) electrons. The maximum absolute atomic E-state index is 11.6. The lowest BCUT2D eigenvalue weighted by atomic mass is 10.1. The summed E-state index contributed by atoms with van der Waals surface area (Å²) in [5.41, 5.74) is 3.41. The molecule has 0 bridgehead atoms. The summed E-state index contributed by atoms with van der Waals surface area (Å²) in [6.07, 6.45) is 8.64. The number of nitrogens with zero attached hydrogens (tertiary/aromatic N) is 3. The second-order valence-corrected chi connectivity index (χ2v) is 4.42. The van der Waals surface area contributed by atoms with E-state index in [0.717, 1.165) is 18.7 Å². The second-order valence-electron chi connectivity index (χ2n) is 4.42. The second kappa shape index (κ2) is 6.86. The molecule has 1 aliphatic rings. The fraction of sp³-hybridized carbons (Fsp3) is 0.462. The number of pyridine rings is 1. The highest BCUT2D eigenvalue weighted by molar-refractivity contribution is 5.82. The van der Waals surface area contributed by atoms with E-state index in [2.05, 4.69) is 20.4 Å². The number of carbonyl (C=O) groups is 1. The van der Waals surface area contributed by atoms with Crippen molar-refractivity contribution in [3.63, 3.8) is 0 Å². The van der Waals surface area contributed by atoms with Crippen LogP contribution in [0.3, 0.4) is 0 Å². The van der Waals surface area contributed by atoms with Gasteiger partial charge in [-0.3, -0.25) is 14.7 Å². The van der Waals surface area contributed by atoms with Crippen molar-refractivity contribution in [2.24, 2.45) is 5.10 Å². The Morgan fingerprint density at radius 3 is 3.00 bits per heavy atom. The highest BCUT2D eigenvalue weighted by Crippen LogP contribution is 2.07. The van der Waals surface area contributed by atoms with Gasteiger partial charge in [0.15, 0.2) is 0 Å². The van der Waals surface area contributed by atoms with Gasteiger partial charge in [0, 0.05) is 18.0 Å². The topological polar surface area (TPSA) is 57.6 Å². The van der Waals surface area contributed by atoms with Crippen LogP contribution in [0.2, 0.25) is 0 Å². The van der Waals surface area contributed by atoms with E-state index in [1.165, 1.54) is 19.3 Å². The molecule has 0 saturated carbocycles. The van der Waals surface area contributed by atoms with Crippen molar-refractivity contribution in [2.75, 3.05) is 19.6 Å². The van der Waals surface area contributed by atoms with Crippen molar-refractivity contribution in [2.45, 2.75) is 19.3 Å². The summed E-state index contributed by atoms with van der Waals surface area (Å²) >= 11 is 0. The molecule has 18 heavy (non-hydrogen) atoms. The standard InChI is InChI=1S/C13H18N4O/c18-13(11-17-7-2-1-3-8-17)16-15-10-12-5-4-6-14-9-12/h4-6,9-10H,1-3,7-8,11H2,(H,16,18). The molecule has 5 heteroatoms. The zero-order chi connectivity index (χ0) is 12.6. The molecule has 0 aromatic carbocycles. The minimum Gasteiger partial charge on any atom is -0.294 e. The van der Waals surface area contributed by atoms with Crippen LogP contribution in [-0.4, -0.2) is 41.6 Å². The quantitative estimate of drug-likeness (QED) is 0.637. The molecule has 0 aliphatic carbocycles. The first kappa shape index (κ1) is 12.7. The monoisotopic (exact) mass is 246 g/mol. The smallest absolute Gasteiger partial charge is 0.254 e. The largest absolute Gasteiger partial charge is 0.294 e. The molecule has 0 atom stereocenters. The lowest BCUT2D eigenvalue weighted by Gasteiger charge is -2.25. The Labute approximate surface area is 107 Å². The molecule has 0 spiro atoms. The minimum atomic E-state index is -0.0583. The summed E-state index contributed by atoms with van der Waals surface area (Å²) < 4.78 is 0. The Morgan fingerprint density at radius 2 is 2.28 bits per heavy atom. The van der Waals surface area contributed by atoms with E-state index < -0.39 is 0 Å². The maximum Gasteiger partial charge on any atom is 0.254 e. The van der Waals surface area contributed by atoms with E-state index in [1.54, 1.807) is 18.6 Å². The van der Waals surface area contributed by atoms with Gasteiger partial charge in [0.05, 0.1) is 12.8 Å². The van der Waals surface area contributed by atoms with Crippen LogP contribution < -0.4 is 5.43 Å². The lowest BCUT2D eigenvalue weighted by Crippen LogP contribution is -2.38. The number of hydrogen-bond donors (Lipinski definition) is 1. The number of hydrazone groups is 1. The lowest BCUT2D eigenvalue weighted by molar-refractivity contribution is -0.122. The molecule has 96 valence electrons. The van der Waals surface area contributed by atoms with Crippen molar-refractivity contribution in [3.05, 3.63) is 30.1 Å². The molecule has 2 heterocycles. The third-order valence-corrected chi connectivity index (χ3v) is 2.90. The first-order valence-electron chi connectivity index (χ1n) is 6.29. The van der Waals surface area contributed by atoms with E-state index in [9.17, 15) is 4.79 Å². The van der Waals surface area contributed by atoms with E-state index in [4.69, 9.17) is 0 Å². The molecule has 1 aromatic rings. The summed E-state index contributed by atoms with van der Waals surface area (Å²) in [5.74, 6) is -0.0583. The predicted molar refractivity (Wildman–Crippen MR) is 70.3 cm³/mol. The molecule has 1 saturated heterocycles. The molecule has 1 fully saturated rings. The van der Waals surface area contributed by atoms with Crippen molar-refractivity contribution in [1.82, 2.24) is 15.3 Å². The maximum atomic E-state index is 11.6. The van der Waals surface area contributed by atoms with Crippen LogP contribution in [0.1, 0.15) is 24.8 Å². The molecule has 1 amide bonds. The zero-order valence-electron chi connectivity index (χ0n) is 10.4. The molecular formula is C13H18N4O. The van der Waals surface area contributed by atoms with Gasteiger partial charge in [-0.05, 0) is 32.0 Å². The molecule has 1 aliphatic heterocycles. The molecule has 5 nitrogen and oxygen atoms in total. The highest BCUT2D eigenvalue weighted by Gasteiger charge is 2.12. The van der Waals surface area contributed by atoms with Crippen LogP contribution in [0, 0.1) is 0 Å². The van der Waals surface area contributed by atoms with Crippen LogP contribution in [0.25, 0.3) is 0 Å². The first-order valence-corrected chi connectivity index (χ1v) is 6.29. The first-order chi connectivity index (χ1) is 8.84. The molecule has 1 N–H and O–H groups in total. The van der Waals surface area contributed by atoms with Crippen molar-refractivity contribution in [1.29, 1.82) is 0 Å². The van der Waals surface area contributed by atoms with Crippen LogP contribution in [0.4, 0.5) is 0 Å². The average Bonchev–Trinajstić information content (AvgIpc) is 2.41. The Hall–Kier alpha value is -1.75. The number of nitrogens with one attached hydrogen (secondary N) is 1. The van der Waals surface area contributed by atoms with E-state index in [-0.39, 0.29) is 5.91 Å². The third kappa shape index (κ3) is 4.25. The highest BCUT2D eigenvalue weighted by atomic mass is 16.2. The molecule has 2 rings (SSSR count). The number of carbonyl (C=O) groups excluding carboxylic acids is 1. The average molecular weight is 246 g/mol. The van der Waals surface area contributed by atoms with Crippen molar-refractivity contribution >= 4 is 12.1 Å². The summed E-state index contributed by atoms with van der Waals surface area (Å²) in [6, 6.07) is 3.71. The fourth-order valence-corrected chi connectivity index (χ4v) is 1.99. The summed E-state index contributed by atoms with van der Waals surface area (Å²) in [5, 5.41) is 3.92. The number of amides is 1. The number of aromatic nitrogens is 1. The van der Waals surface area contributed by atoms with Crippen molar-refractivity contribution in [3.8, 4) is 0 Å². The van der Waals surface area contributed by atoms with Gasteiger partial charge < -0.3 is 0 Å². The SMILES string of the molecule is O=C(CN1CCCCC1)NN=Cc1cccnc1. The number of hydrogen-bond acceptors (Lipinski definition) is 4. The van der Waals surface area contributed by atoms with Gasteiger partial charge in [0.2, 0.25) is 0 Å². The molecule has 0 unspecified atom stereocenters. The Balaban J connectivity index is 1.72. The normalized spacial score (nSPS) is 16.9. The summed E-state index contributed by atoms with van der Waals surface area (Å²) in [6.45, 7) is 2.46. The van der Waals surface area contributed by atoms with Gasteiger partial charge in [0.1, 0.15) is 0 Å². The van der Waals surface area contributed by atoms with Crippen LogP contribution in [-0.2, 0) is 4.79 Å². The van der Waals surface area contributed by atoms with Crippen molar-refractivity contribution < 1.29 is 4.79 Å². The van der Waals surface area contributed by atoms with Crippen LogP contribution in [0.15, 0.2) is 29.6 Å². The zero-order valence-corrected chi connectivity index (χ0v) is 10.4. The van der Waals surface area contributed by atoms with Gasteiger partial charge >= 0.3 is 0 Å². The molecule has 1 aromatic heterocycles. The van der Waals surface area contributed by atoms with Crippen LogP contribution in [0.5, 0.6) is 0 Å². The predicted octanol–water partition coefficient (Wildman–Crippen LogP) is 1.02. The third-order valence-electron chi connectivity index (χ3n) is 2.90. The minimum absolute atomic E-state index is 0.0583. The van der Waals surface area contributed by atoms with Gasteiger partial charge in [-0.15, -0.1) is 0 Å². The van der Waals surface area contributed by atoms with Gasteiger partial charge in [-0.1, -0.05) is 12.5 Å². The fourth-order valence-electron chi connectivity index (χ4n) is 1.99. The van der Waals surface area contributed by atoms with Gasteiger partial charge in [0.25, 0.3) is 5.91 Å². The number of rotatable bonds is 4. The molecular weight excluding hydrogens is 228 g/mol. The Kier molecular flexibility index (Phi) is 4.84. The van der Waals surface area contributed by atoms with Gasteiger partial charge in [-0.2, -0.15) is 5.10 Å². The van der Waals surface area contributed by atoms with Gasteiger partial charge in [-0.25, -0.2) is 5.43 Å².